The molecular weight excluding hydrogens is 516 g/mol. The maximum atomic E-state index is 13.7. The Morgan fingerprint density at radius 1 is 1.05 bits per heavy atom. The van der Waals surface area contributed by atoms with Gasteiger partial charge in [-0.1, -0.05) is 61.2 Å². The summed E-state index contributed by atoms with van der Waals surface area (Å²) in [4.78, 5) is 38.0. The maximum absolute atomic E-state index is 13.7. The fourth-order valence-electron chi connectivity index (χ4n) is 4.84. The SMILES string of the molecule is CN(CCc1ccccc1)c1ncc(C(=O)N(CC(=O)O)CC2CCCCC2)c(COc2ccc(Cl)cc2)n1. The first-order valence-corrected chi connectivity index (χ1v) is 13.8. The highest BCUT2D eigenvalue weighted by Crippen LogP contribution is 2.26. The van der Waals surface area contributed by atoms with E-state index in [2.05, 4.69) is 17.1 Å². The average molecular weight is 551 g/mol. The molecule has 1 saturated carbocycles. The summed E-state index contributed by atoms with van der Waals surface area (Å²) in [6, 6.07) is 17.1. The van der Waals surface area contributed by atoms with E-state index in [-0.39, 0.29) is 18.7 Å². The third kappa shape index (κ3) is 8.42. The first-order chi connectivity index (χ1) is 18.9. The highest BCUT2D eigenvalue weighted by Gasteiger charge is 2.27. The van der Waals surface area contributed by atoms with Crippen LogP contribution in [0.25, 0.3) is 0 Å². The molecular formula is C30H35ClN4O4. The van der Waals surface area contributed by atoms with Gasteiger partial charge < -0.3 is 19.6 Å². The summed E-state index contributed by atoms with van der Waals surface area (Å²) in [5, 5.41) is 10.1. The van der Waals surface area contributed by atoms with E-state index in [0.717, 1.165) is 32.1 Å². The van der Waals surface area contributed by atoms with Crippen molar-refractivity contribution in [3.05, 3.63) is 82.6 Å². The summed E-state index contributed by atoms with van der Waals surface area (Å²) in [6.07, 6.45) is 7.70. The molecule has 0 bridgehead atoms. The average Bonchev–Trinajstić information content (AvgIpc) is 2.95. The van der Waals surface area contributed by atoms with Gasteiger partial charge in [0.05, 0.1) is 11.3 Å². The van der Waals surface area contributed by atoms with E-state index in [4.69, 9.17) is 21.3 Å². The van der Waals surface area contributed by atoms with Crippen molar-refractivity contribution >= 4 is 29.4 Å². The summed E-state index contributed by atoms with van der Waals surface area (Å²) >= 11 is 6.00. The molecule has 39 heavy (non-hydrogen) atoms. The van der Waals surface area contributed by atoms with Crippen LogP contribution in [0.2, 0.25) is 5.02 Å². The van der Waals surface area contributed by atoms with Gasteiger partial charge in [-0.3, -0.25) is 9.59 Å². The van der Waals surface area contributed by atoms with E-state index < -0.39 is 11.9 Å². The molecule has 0 saturated heterocycles. The van der Waals surface area contributed by atoms with Crippen molar-refractivity contribution in [2.75, 3.05) is 31.6 Å². The number of carboxylic acid groups (broad SMARTS) is 1. The number of amides is 1. The lowest BCUT2D eigenvalue weighted by molar-refractivity contribution is -0.137. The summed E-state index contributed by atoms with van der Waals surface area (Å²) < 4.78 is 5.96. The number of hydrogen-bond acceptors (Lipinski definition) is 6. The van der Waals surface area contributed by atoms with Gasteiger partial charge >= 0.3 is 5.97 Å². The molecule has 0 aliphatic heterocycles. The molecule has 1 fully saturated rings. The Balaban J connectivity index is 1.57. The number of aromatic nitrogens is 2. The zero-order valence-electron chi connectivity index (χ0n) is 22.3. The normalized spacial score (nSPS) is 13.6. The van der Waals surface area contributed by atoms with Gasteiger partial charge in [-0.2, -0.15) is 0 Å². The number of ether oxygens (including phenoxy) is 1. The lowest BCUT2D eigenvalue weighted by Crippen LogP contribution is -2.40. The summed E-state index contributed by atoms with van der Waals surface area (Å²) in [5.41, 5.74) is 1.86. The molecule has 9 heteroatoms. The number of benzene rings is 2. The van der Waals surface area contributed by atoms with Crippen LogP contribution in [0, 0.1) is 5.92 Å². The predicted octanol–water partition coefficient (Wildman–Crippen LogP) is 5.50. The van der Waals surface area contributed by atoms with E-state index >= 15 is 0 Å². The van der Waals surface area contributed by atoms with Crippen LogP contribution in [0.1, 0.15) is 53.7 Å². The van der Waals surface area contributed by atoms with E-state index in [1.807, 2.05) is 30.1 Å². The zero-order valence-corrected chi connectivity index (χ0v) is 23.0. The maximum Gasteiger partial charge on any atom is 0.323 e. The van der Waals surface area contributed by atoms with Crippen molar-refractivity contribution in [2.24, 2.45) is 5.92 Å². The first kappa shape index (κ1) is 28.4. The quantitative estimate of drug-likeness (QED) is 0.318. The highest BCUT2D eigenvalue weighted by atomic mass is 35.5. The van der Waals surface area contributed by atoms with Gasteiger partial charge in [0.15, 0.2) is 0 Å². The molecule has 0 spiro atoms. The molecule has 1 aromatic heterocycles. The highest BCUT2D eigenvalue weighted by molar-refractivity contribution is 6.30. The van der Waals surface area contributed by atoms with Gasteiger partial charge in [0.25, 0.3) is 5.91 Å². The number of carboxylic acids is 1. The lowest BCUT2D eigenvalue weighted by Gasteiger charge is -2.29. The zero-order chi connectivity index (χ0) is 27.6. The van der Waals surface area contributed by atoms with Crippen molar-refractivity contribution in [3.8, 4) is 5.75 Å². The molecule has 8 nitrogen and oxygen atoms in total. The molecule has 4 rings (SSSR count). The number of carbonyl (C=O) groups excluding carboxylic acids is 1. The molecule has 1 heterocycles. The van der Waals surface area contributed by atoms with Gasteiger partial charge in [0.1, 0.15) is 18.9 Å². The Kier molecular flexibility index (Phi) is 10.1. The number of rotatable bonds is 12. The smallest absolute Gasteiger partial charge is 0.323 e. The van der Waals surface area contributed by atoms with Crippen LogP contribution in [0.4, 0.5) is 5.95 Å². The van der Waals surface area contributed by atoms with Crippen molar-refractivity contribution in [3.63, 3.8) is 0 Å². The van der Waals surface area contributed by atoms with Crippen LogP contribution in [0.5, 0.6) is 5.75 Å². The number of carbonyl (C=O) groups is 2. The molecule has 3 aromatic rings. The number of nitrogens with zero attached hydrogens (tertiary/aromatic N) is 4. The molecule has 2 aromatic carbocycles. The van der Waals surface area contributed by atoms with Gasteiger partial charge in [0, 0.05) is 31.4 Å². The predicted molar refractivity (Wildman–Crippen MR) is 151 cm³/mol. The van der Waals surface area contributed by atoms with Crippen LogP contribution in [0.3, 0.4) is 0 Å². The molecule has 1 aliphatic carbocycles. The van der Waals surface area contributed by atoms with Crippen LogP contribution in [-0.2, 0) is 17.8 Å². The van der Waals surface area contributed by atoms with Crippen LogP contribution in [-0.4, -0.2) is 58.5 Å². The lowest BCUT2D eigenvalue weighted by atomic mass is 9.89. The van der Waals surface area contributed by atoms with Gasteiger partial charge in [-0.15, -0.1) is 0 Å². The van der Waals surface area contributed by atoms with E-state index in [9.17, 15) is 14.7 Å². The van der Waals surface area contributed by atoms with Gasteiger partial charge in [-0.05, 0) is 55.0 Å². The molecule has 0 radical (unpaired) electrons. The summed E-state index contributed by atoms with van der Waals surface area (Å²) in [7, 11) is 1.91. The van der Waals surface area contributed by atoms with Crippen molar-refractivity contribution in [2.45, 2.75) is 45.1 Å². The molecule has 206 valence electrons. The molecule has 1 aliphatic rings. The molecule has 1 N–H and O–H groups in total. The fraction of sp³-hybridized carbons (Fsp3) is 0.400. The Hall–Kier alpha value is -3.65. The topological polar surface area (TPSA) is 95.9 Å². The largest absolute Gasteiger partial charge is 0.487 e. The van der Waals surface area contributed by atoms with Crippen LogP contribution in [0.15, 0.2) is 60.8 Å². The number of hydrogen-bond donors (Lipinski definition) is 1. The van der Waals surface area contributed by atoms with Crippen LogP contribution >= 0.6 is 11.6 Å². The minimum atomic E-state index is -1.05. The molecule has 0 atom stereocenters. The molecule has 1 amide bonds. The number of likely N-dealkylation sites (N-methyl/N-ethyl adjacent to an activating group) is 1. The third-order valence-corrected chi connectivity index (χ3v) is 7.26. The number of halogens is 1. The second-order valence-electron chi connectivity index (χ2n) is 10.0. The van der Waals surface area contributed by atoms with E-state index in [1.54, 1.807) is 24.3 Å². The number of aliphatic carboxylic acids is 1. The Labute approximate surface area is 234 Å². The van der Waals surface area contributed by atoms with E-state index in [0.29, 0.717) is 41.4 Å². The second kappa shape index (κ2) is 13.9. The third-order valence-electron chi connectivity index (χ3n) is 7.01. The van der Waals surface area contributed by atoms with Crippen molar-refractivity contribution in [1.29, 1.82) is 0 Å². The van der Waals surface area contributed by atoms with Crippen molar-refractivity contribution in [1.82, 2.24) is 14.9 Å². The van der Waals surface area contributed by atoms with Gasteiger partial charge in [-0.25, -0.2) is 9.97 Å². The summed E-state index contributed by atoms with van der Waals surface area (Å²) in [5.74, 6) is -0.0955. The Morgan fingerprint density at radius 2 is 1.77 bits per heavy atom. The summed E-state index contributed by atoms with van der Waals surface area (Å²) in [6.45, 7) is 0.740. The fourth-order valence-corrected chi connectivity index (χ4v) is 4.96. The van der Waals surface area contributed by atoms with Gasteiger partial charge in [0.2, 0.25) is 5.95 Å². The van der Waals surface area contributed by atoms with Crippen molar-refractivity contribution < 1.29 is 19.4 Å². The minimum Gasteiger partial charge on any atom is -0.487 e. The van der Waals surface area contributed by atoms with Crippen LogP contribution < -0.4 is 9.64 Å². The standard InChI is InChI=1S/C30H35ClN4O4/c1-34(17-16-22-8-4-2-5-9-22)30-32-18-26(27(33-30)21-39-25-14-12-24(31)13-15-25)29(38)35(20-28(36)37)19-23-10-6-3-7-11-23/h2,4-5,8-9,12-15,18,23H,3,6-7,10-11,16-17,19-21H2,1H3,(H,36,37). The van der Waals surface area contributed by atoms with E-state index in [1.165, 1.54) is 23.1 Å². The monoisotopic (exact) mass is 550 g/mol. The minimum absolute atomic E-state index is 0.0229. The molecule has 0 unspecified atom stereocenters. The Bertz CT molecular complexity index is 1230. The first-order valence-electron chi connectivity index (χ1n) is 13.4. The number of anilines is 1. The Morgan fingerprint density at radius 3 is 2.46 bits per heavy atom. The second-order valence-corrected chi connectivity index (χ2v) is 10.5.